The van der Waals surface area contributed by atoms with Crippen molar-refractivity contribution < 1.29 is 9.18 Å². The molecule has 2 heterocycles. The summed E-state index contributed by atoms with van der Waals surface area (Å²) in [6, 6.07) is 17.9. The Morgan fingerprint density at radius 3 is 2.35 bits per heavy atom. The van der Waals surface area contributed by atoms with Crippen LogP contribution in [0, 0.1) is 5.82 Å². The Morgan fingerprint density at radius 2 is 1.65 bits per heavy atom. The average molecular weight is 352 g/mol. The summed E-state index contributed by atoms with van der Waals surface area (Å²) in [6.07, 6.45) is 5.51. The third kappa shape index (κ3) is 3.65. The molecule has 136 valence electrons. The van der Waals surface area contributed by atoms with E-state index in [0.717, 1.165) is 19.4 Å². The predicted molar refractivity (Wildman–Crippen MR) is 100 cm³/mol. The van der Waals surface area contributed by atoms with Gasteiger partial charge in [0.1, 0.15) is 5.82 Å². The van der Waals surface area contributed by atoms with Crippen molar-refractivity contribution in [3.8, 4) is 0 Å². The van der Waals surface area contributed by atoms with E-state index in [1.165, 1.54) is 30.9 Å². The van der Waals surface area contributed by atoms with Gasteiger partial charge < -0.3 is 5.32 Å². The SMILES string of the molecule is O=C(NC1C[C@H]2CCC[C@@H](C1)N2Cc1ccccc1)c1ccccc1F. The van der Waals surface area contributed by atoms with Crippen LogP contribution >= 0.6 is 0 Å². The molecular weight excluding hydrogens is 327 g/mol. The summed E-state index contributed by atoms with van der Waals surface area (Å²) in [4.78, 5) is 15.1. The van der Waals surface area contributed by atoms with Crippen molar-refractivity contribution in [3.63, 3.8) is 0 Å². The molecule has 2 aromatic rings. The molecule has 4 rings (SSSR count). The Labute approximate surface area is 154 Å². The summed E-state index contributed by atoms with van der Waals surface area (Å²) in [5.41, 5.74) is 1.49. The highest BCUT2D eigenvalue weighted by Gasteiger charge is 2.38. The predicted octanol–water partition coefficient (Wildman–Crippen LogP) is 4.14. The summed E-state index contributed by atoms with van der Waals surface area (Å²) < 4.78 is 13.9. The molecule has 1 unspecified atom stereocenters. The molecule has 2 fully saturated rings. The second kappa shape index (κ2) is 7.58. The second-order valence-corrected chi connectivity index (χ2v) is 7.52. The molecule has 0 spiro atoms. The summed E-state index contributed by atoms with van der Waals surface area (Å²) in [7, 11) is 0. The lowest BCUT2D eigenvalue weighted by Gasteiger charge is -2.49. The zero-order chi connectivity index (χ0) is 17.9. The maximum absolute atomic E-state index is 13.9. The number of amides is 1. The third-order valence-electron chi connectivity index (χ3n) is 5.79. The maximum atomic E-state index is 13.9. The Balaban J connectivity index is 1.43. The molecule has 3 nitrogen and oxygen atoms in total. The highest BCUT2D eigenvalue weighted by atomic mass is 19.1. The van der Waals surface area contributed by atoms with Gasteiger partial charge in [0.2, 0.25) is 0 Å². The fourth-order valence-corrected chi connectivity index (χ4v) is 4.56. The number of nitrogens with zero attached hydrogens (tertiary/aromatic N) is 1. The van der Waals surface area contributed by atoms with Crippen LogP contribution in [0.5, 0.6) is 0 Å². The van der Waals surface area contributed by atoms with Gasteiger partial charge in [0, 0.05) is 24.7 Å². The van der Waals surface area contributed by atoms with E-state index in [2.05, 4.69) is 40.5 Å². The molecule has 2 aliphatic rings. The fourth-order valence-electron chi connectivity index (χ4n) is 4.56. The number of piperidine rings is 2. The van der Waals surface area contributed by atoms with Gasteiger partial charge in [-0.1, -0.05) is 48.9 Å². The first-order valence-electron chi connectivity index (χ1n) is 9.56. The number of carbonyl (C=O) groups excluding carboxylic acids is 1. The minimum absolute atomic E-state index is 0.129. The molecule has 26 heavy (non-hydrogen) atoms. The Kier molecular flexibility index (Phi) is 5.02. The van der Waals surface area contributed by atoms with Crippen LogP contribution < -0.4 is 5.32 Å². The molecule has 4 heteroatoms. The van der Waals surface area contributed by atoms with Crippen LogP contribution in [0.2, 0.25) is 0 Å². The summed E-state index contributed by atoms with van der Waals surface area (Å²) in [5, 5.41) is 3.08. The van der Waals surface area contributed by atoms with Crippen LogP contribution in [0.1, 0.15) is 48.0 Å². The monoisotopic (exact) mass is 352 g/mol. The Bertz CT molecular complexity index is 750. The van der Waals surface area contributed by atoms with E-state index in [4.69, 9.17) is 0 Å². The third-order valence-corrected chi connectivity index (χ3v) is 5.79. The molecule has 0 saturated carbocycles. The summed E-state index contributed by atoms with van der Waals surface area (Å²) in [5.74, 6) is -0.741. The van der Waals surface area contributed by atoms with Gasteiger partial charge in [-0.25, -0.2) is 4.39 Å². The van der Waals surface area contributed by atoms with Gasteiger partial charge in [0.15, 0.2) is 0 Å². The van der Waals surface area contributed by atoms with Crippen LogP contribution in [-0.4, -0.2) is 28.9 Å². The topological polar surface area (TPSA) is 32.3 Å². The maximum Gasteiger partial charge on any atom is 0.254 e. The van der Waals surface area contributed by atoms with E-state index in [1.54, 1.807) is 18.2 Å². The smallest absolute Gasteiger partial charge is 0.254 e. The molecule has 0 radical (unpaired) electrons. The van der Waals surface area contributed by atoms with Crippen LogP contribution in [0.25, 0.3) is 0 Å². The number of rotatable bonds is 4. The first kappa shape index (κ1) is 17.2. The molecule has 0 aliphatic carbocycles. The fraction of sp³-hybridized carbons (Fsp3) is 0.409. The van der Waals surface area contributed by atoms with Gasteiger partial charge in [0.25, 0.3) is 5.91 Å². The zero-order valence-corrected chi connectivity index (χ0v) is 14.9. The first-order valence-corrected chi connectivity index (χ1v) is 9.56. The van der Waals surface area contributed by atoms with Crippen LogP contribution in [-0.2, 0) is 6.54 Å². The molecule has 2 saturated heterocycles. The number of halogens is 1. The average Bonchev–Trinajstić information content (AvgIpc) is 2.63. The minimum Gasteiger partial charge on any atom is -0.349 e. The van der Waals surface area contributed by atoms with Gasteiger partial charge in [-0.05, 0) is 43.4 Å². The highest BCUT2D eigenvalue weighted by Crippen LogP contribution is 2.35. The van der Waals surface area contributed by atoms with E-state index in [1.807, 2.05) is 0 Å². The molecular formula is C22H25FN2O. The molecule has 0 aromatic heterocycles. The largest absolute Gasteiger partial charge is 0.349 e. The van der Waals surface area contributed by atoms with Crippen LogP contribution in [0.3, 0.4) is 0 Å². The molecule has 2 bridgehead atoms. The van der Waals surface area contributed by atoms with Crippen molar-refractivity contribution in [2.24, 2.45) is 0 Å². The van der Waals surface area contributed by atoms with E-state index in [-0.39, 0.29) is 17.5 Å². The number of carbonyl (C=O) groups is 1. The molecule has 3 atom stereocenters. The van der Waals surface area contributed by atoms with Crippen molar-refractivity contribution in [1.82, 2.24) is 10.2 Å². The van der Waals surface area contributed by atoms with Gasteiger partial charge in [0.05, 0.1) is 5.56 Å². The lowest BCUT2D eigenvalue weighted by Crippen LogP contribution is -2.56. The molecule has 1 amide bonds. The van der Waals surface area contributed by atoms with Crippen molar-refractivity contribution >= 4 is 5.91 Å². The van der Waals surface area contributed by atoms with Crippen molar-refractivity contribution in [2.45, 2.75) is 56.8 Å². The molecule has 2 aromatic carbocycles. The lowest BCUT2D eigenvalue weighted by atomic mass is 9.81. The zero-order valence-electron chi connectivity index (χ0n) is 14.9. The van der Waals surface area contributed by atoms with Gasteiger partial charge in [-0.3, -0.25) is 9.69 Å². The number of fused-ring (bicyclic) bond motifs is 2. The quantitative estimate of drug-likeness (QED) is 0.897. The van der Waals surface area contributed by atoms with Crippen LogP contribution in [0.4, 0.5) is 4.39 Å². The summed E-state index contributed by atoms with van der Waals surface area (Å²) in [6.45, 7) is 0.976. The van der Waals surface area contributed by atoms with Gasteiger partial charge in [-0.2, -0.15) is 0 Å². The van der Waals surface area contributed by atoms with Gasteiger partial charge >= 0.3 is 0 Å². The van der Waals surface area contributed by atoms with Crippen molar-refractivity contribution in [3.05, 3.63) is 71.5 Å². The summed E-state index contributed by atoms with van der Waals surface area (Å²) >= 11 is 0. The van der Waals surface area contributed by atoms with E-state index in [0.29, 0.717) is 12.1 Å². The van der Waals surface area contributed by atoms with Gasteiger partial charge in [-0.15, -0.1) is 0 Å². The highest BCUT2D eigenvalue weighted by molar-refractivity contribution is 5.94. The van der Waals surface area contributed by atoms with Crippen LogP contribution in [0.15, 0.2) is 54.6 Å². The molecule has 1 N–H and O–H groups in total. The normalized spacial score (nSPS) is 25.7. The number of benzene rings is 2. The van der Waals surface area contributed by atoms with Crippen molar-refractivity contribution in [1.29, 1.82) is 0 Å². The lowest BCUT2D eigenvalue weighted by molar-refractivity contribution is 0.0176. The van der Waals surface area contributed by atoms with Crippen molar-refractivity contribution in [2.75, 3.05) is 0 Å². The minimum atomic E-state index is -0.452. The second-order valence-electron chi connectivity index (χ2n) is 7.52. The molecule has 2 aliphatic heterocycles. The number of hydrogen-bond acceptors (Lipinski definition) is 2. The Hall–Kier alpha value is -2.20. The van der Waals surface area contributed by atoms with E-state index in [9.17, 15) is 9.18 Å². The number of nitrogens with one attached hydrogen (secondary N) is 1. The number of hydrogen-bond donors (Lipinski definition) is 1. The first-order chi connectivity index (χ1) is 12.7. The standard InChI is InChI=1S/C22H25FN2O/c23-21-12-5-4-11-20(21)22(26)24-17-13-18-9-6-10-19(14-17)25(18)15-16-7-2-1-3-8-16/h1-5,7-8,11-12,17-19H,6,9-10,13-15H2,(H,24,26)/t17?,18-,19+. The Morgan fingerprint density at radius 1 is 1.00 bits per heavy atom. The van der Waals surface area contributed by atoms with E-state index < -0.39 is 5.82 Å². The van der Waals surface area contributed by atoms with E-state index >= 15 is 0 Å².